The van der Waals surface area contributed by atoms with E-state index in [-0.39, 0.29) is 11.7 Å². The van der Waals surface area contributed by atoms with E-state index in [9.17, 15) is 4.79 Å². The summed E-state index contributed by atoms with van der Waals surface area (Å²) in [6, 6.07) is 7.52. The van der Waals surface area contributed by atoms with Gasteiger partial charge >= 0.3 is 0 Å². The van der Waals surface area contributed by atoms with Crippen LogP contribution in [0.4, 0.5) is 5.82 Å². The number of hydrogen-bond acceptors (Lipinski definition) is 9. The van der Waals surface area contributed by atoms with Crippen LogP contribution in [-0.2, 0) is 9.53 Å². The van der Waals surface area contributed by atoms with Crippen molar-refractivity contribution in [1.29, 1.82) is 0 Å². The molecule has 2 aliphatic rings. The van der Waals surface area contributed by atoms with E-state index in [0.29, 0.717) is 50.1 Å². The molecule has 170 valence electrons. The average Bonchev–Trinajstić information content (AvgIpc) is 3.47. The van der Waals surface area contributed by atoms with Gasteiger partial charge in [-0.2, -0.15) is 0 Å². The Hall–Kier alpha value is -3.50. The van der Waals surface area contributed by atoms with Gasteiger partial charge in [0.1, 0.15) is 22.9 Å². The van der Waals surface area contributed by atoms with E-state index in [1.807, 2.05) is 18.2 Å². The molecule has 6 heterocycles. The molecule has 4 aromatic rings. The van der Waals surface area contributed by atoms with Crippen LogP contribution in [0.5, 0.6) is 5.88 Å². The second-order valence-electron chi connectivity index (χ2n) is 8.39. The number of piperidine rings is 1. The van der Waals surface area contributed by atoms with Crippen molar-refractivity contribution < 1.29 is 18.7 Å². The molecular formula is C23H24N6O4. The molecule has 1 N–H and O–H groups in total. The van der Waals surface area contributed by atoms with Gasteiger partial charge in [0, 0.05) is 44.2 Å². The van der Waals surface area contributed by atoms with Gasteiger partial charge in [-0.3, -0.25) is 4.79 Å². The number of Topliss-reactive ketones (excluding diaryl/α,β-unsaturated/α-hetero) is 1. The second kappa shape index (κ2) is 8.45. The van der Waals surface area contributed by atoms with Crippen molar-refractivity contribution in [1.82, 2.24) is 24.9 Å². The standard InChI is InChI=1S/C23H24N6O4/c30-16-9-15(11-24-12-16)14-32-22-2-1-21-26-13-18(29(21)27-22)20-10-17-19(33-20)3-4-25-23(17)28-5-7-31-8-6-28/h1-4,10,13,15,24H,5-9,11-12,14H2/t15-/m1/s1. The average molecular weight is 448 g/mol. The number of morpholine rings is 1. The maximum atomic E-state index is 11.7. The molecule has 33 heavy (non-hydrogen) atoms. The van der Waals surface area contributed by atoms with Crippen LogP contribution in [-0.4, -0.2) is 71.4 Å². The maximum Gasteiger partial charge on any atom is 0.231 e. The number of furan rings is 1. The Morgan fingerprint density at radius 1 is 1.18 bits per heavy atom. The van der Waals surface area contributed by atoms with Crippen LogP contribution in [0, 0.1) is 5.92 Å². The SMILES string of the molecule is O=C1CNC[C@H](COc2ccc3ncc(-c4cc5c(N6CCOCC6)nccc5o4)n3n2)C1. The summed E-state index contributed by atoms with van der Waals surface area (Å²) >= 11 is 0. The van der Waals surface area contributed by atoms with Gasteiger partial charge in [-0.05, 0) is 18.2 Å². The summed E-state index contributed by atoms with van der Waals surface area (Å²) in [4.78, 5) is 22.9. The zero-order valence-electron chi connectivity index (χ0n) is 18.1. The number of nitrogens with one attached hydrogen (secondary N) is 1. The smallest absolute Gasteiger partial charge is 0.231 e. The highest BCUT2D eigenvalue weighted by molar-refractivity contribution is 5.92. The van der Waals surface area contributed by atoms with E-state index in [1.54, 1.807) is 23.0 Å². The number of nitrogens with zero attached hydrogens (tertiary/aromatic N) is 5. The molecule has 0 amide bonds. The molecule has 1 atom stereocenters. The molecule has 2 fully saturated rings. The van der Waals surface area contributed by atoms with Gasteiger partial charge in [-0.25, -0.2) is 14.5 Å². The number of imidazole rings is 1. The molecular weight excluding hydrogens is 424 g/mol. The first-order valence-corrected chi connectivity index (χ1v) is 11.2. The highest BCUT2D eigenvalue weighted by atomic mass is 16.5. The lowest BCUT2D eigenvalue weighted by molar-refractivity contribution is -0.120. The van der Waals surface area contributed by atoms with Crippen LogP contribution in [0.25, 0.3) is 28.1 Å². The predicted molar refractivity (Wildman–Crippen MR) is 121 cm³/mol. The summed E-state index contributed by atoms with van der Waals surface area (Å²) in [5.74, 6) is 2.39. The zero-order valence-corrected chi connectivity index (χ0v) is 18.1. The fourth-order valence-electron chi connectivity index (χ4n) is 4.41. The van der Waals surface area contributed by atoms with Crippen LogP contribution < -0.4 is 15.0 Å². The minimum absolute atomic E-state index is 0.146. The van der Waals surface area contributed by atoms with Gasteiger partial charge in [-0.1, -0.05) is 0 Å². The van der Waals surface area contributed by atoms with Gasteiger partial charge in [0.2, 0.25) is 5.88 Å². The maximum absolute atomic E-state index is 11.7. The molecule has 0 bridgehead atoms. The molecule has 4 aromatic heterocycles. The molecule has 6 rings (SSSR count). The third-order valence-corrected chi connectivity index (χ3v) is 6.06. The molecule has 0 radical (unpaired) electrons. The van der Waals surface area contributed by atoms with Crippen molar-refractivity contribution >= 4 is 28.2 Å². The van der Waals surface area contributed by atoms with E-state index in [4.69, 9.17) is 13.9 Å². The van der Waals surface area contributed by atoms with Crippen molar-refractivity contribution in [2.45, 2.75) is 6.42 Å². The number of ketones is 1. The lowest BCUT2D eigenvalue weighted by Crippen LogP contribution is -2.38. The van der Waals surface area contributed by atoms with Crippen molar-refractivity contribution in [3.63, 3.8) is 0 Å². The summed E-state index contributed by atoms with van der Waals surface area (Å²) < 4.78 is 19.3. The number of ether oxygens (including phenoxy) is 2. The Labute approximate surface area is 189 Å². The molecule has 10 nitrogen and oxygen atoms in total. The van der Waals surface area contributed by atoms with E-state index in [1.165, 1.54) is 0 Å². The first-order valence-electron chi connectivity index (χ1n) is 11.2. The normalized spacial score (nSPS) is 19.5. The molecule has 0 aliphatic carbocycles. The van der Waals surface area contributed by atoms with E-state index >= 15 is 0 Å². The number of pyridine rings is 1. The van der Waals surface area contributed by atoms with Crippen molar-refractivity contribution in [2.24, 2.45) is 5.92 Å². The Kier molecular flexibility index (Phi) is 5.16. The first kappa shape index (κ1) is 20.1. The summed E-state index contributed by atoms with van der Waals surface area (Å²) in [5.41, 5.74) is 2.19. The Morgan fingerprint density at radius 3 is 2.97 bits per heavy atom. The van der Waals surface area contributed by atoms with Crippen LogP contribution in [0.2, 0.25) is 0 Å². The van der Waals surface area contributed by atoms with Crippen molar-refractivity contribution in [3.8, 4) is 17.3 Å². The van der Waals surface area contributed by atoms with Crippen LogP contribution in [0.3, 0.4) is 0 Å². The number of aromatic nitrogens is 4. The monoisotopic (exact) mass is 448 g/mol. The fourth-order valence-corrected chi connectivity index (χ4v) is 4.41. The second-order valence-corrected chi connectivity index (χ2v) is 8.39. The summed E-state index contributed by atoms with van der Waals surface area (Å²) in [6.45, 7) is 4.61. The lowest BCUT2D eigenvalue weighted by Gasteiger charge is -2.28. The molecule has 0 saturated carbocycles. The van der Waals surface area contributed by atoms with Gasteiger partial charge in [0.05, 0.1) is 37.9 Å². The van der Waals surface area contributed by atoms with Crippen molar-refractivity contribution in [2.75, 3.05) is 50.9 Å². The molecule has 0 aromatic carbocycles. The lowest BCUT2D eigenvalue weighted by atomic mass is 10.00. The number of hydrogen-bond donors (Lipinski definition) is 1. The summed E-state index contributed by atoms with van der Waals surface area (Å²) in [6.07, 6.45) is 4.05. The Balaban J connectivity index is 1.30. The van der Waals surface area contributed by atoms with Crippen LogP contribution in [0.1, 0.15) is 6.42 Å². The molecule has 10 heteroatoms. The third kappa shape index (κ3) is 3.91. The molecule has 2 saturated heterocycles. The number of anilines is 1. The minimum atomic E-state index is 0.146. The highest BCUT2D eigenvalue weighted by Gasteiger charge is 2.21. The van der Waals surface area contributed by atoms with Crippen LogP contribution in [0.15, 0.2) is 41.1 Å². The van der Waals surface area contributed by atoms with Gasteiger partial charge in [0.25, 0.3) is 0 Å². The van der Waals surface area contributed by atoms with E-state index in [0.717, 1.165) is 42.1 Å². The third-order valence-electron chi connectivity index (χ3n) is 6.06. The Morgan fingerprint density at radius 2 is 2.09 bits per heavy atom. The summed E-state index contributed by atoms with van der Waals surface area (Å²) in [7, 11) is 0. The largest absolute Gasteiger partial charge is 0.476 e. The first-order chi connectivity index (χ1) is 16.2. The minimum Gasteiger partial charge on any atom is -0.476 e. The topological polar surface area (TPSA) is 107 Å². The van der Waals surface area contributed by atoms with E-state index < -0.39 is 0 Å². The number of carbonyl (C=O) groups is 1. The quantitative estimate of drug-likeness (QED) is 0.490. The predicted octanol–water partition coefficient (Wildman–Crippen LogP) is 1.93. The molecule has 2 aliphatic heterocycles. The number of carbonyl (C=O) groups excluding carboxylic acids is 1. The summed E-state index contributed by atoms with van der Waals surface area (Å²) in [5, 5.41) is 8.70. The van der Waals surface area contributed by atoms with Gasteiger partial charge in [0.15, 0.2) is 11.4 Å². The molecule has 0 unspecified atom stereocenters. The number of fused-ring (bicyclic) bond motifs is 2. The number of rotatable bonds is 5. The van der Waals surface area contributed by atoms with Gasteiger partial charge in [-0.15, -0.1) is 5.10 Å². The molecule has 0 spiro atoms. The van der Waals surface area contributed by atoms with E-state index in [2.05, 4.69) is 25.3 Å². The van der Waals surface area contributed by atoms with Crippen molar-refractivity contribution in [3.05, 3.63) is 36.7 Å². The zero-order chi connectivity index (χ0) is 22.2. The Bertz CT molecular complexity index is 1310. The highest BCUT2D eigenvalue weighted by Crippen LogP contribution is 2.33. The fraction of sp³-hybridized carbons (Fsp3) is 0.391. The van der Waals surface area contributed by atoms with Crippen LogP contribution >= 0.6 is 0 Å². The van der Waals surface area contributed by atoms with Gasteiger partial charge < -0.3 is 24.1 Å².